The molecule has 8 nitrogen and oxygen atoms in total. The number of hydrogen-bond acceptors (Lipinski definition) is 4. The summed E-state index contributed by atoms with van der Waals surface area (Å²) in [4.78, 5) is 35.8. The minimum absolute atomic E-state index is 0.182. The van der Waals surface area contributed by atoms with Crippen molar-refractivity contribution in [3.05, 3.63) is 0 Å². The Kier molecular flexibility index (Phi) is 52.8. The van der Waals surface area contributed by atoms with Crippen molar-refractivity contribution in [2.75, 3.05) is 0 Å². The summed E-state index contributed by atoms with van der Waals surface area (Å²) in [5, 5.41) is 0. The van der Waals surface area contributed by atoms with Crippen molar-refractivity contribution in [2.24, 2.45) is 22.9 Å². The van der Waals surface area contributed by atoms with E-state index in [4.69, 9.17) is 20.1 Å². The third-order valence-electron chi connectivity index (χ3n) is 1.03. The first-order chi connectivity index (χ1) is 8.01. The summed E-state index contributed by atoms with van der Waals surface area (Å²) in [5.74, 6) is -0.182. The first-order valence-corrected chi connectivity index (χ1v) is 4.76. The molecule has 17 heavy (non-hydrogen) atoms. The largest absolute Gasteiger partial charge is 0.372 e. The fraction of sp³-hybridized carbons (Fsp3) is 0.556. The van der Waals surface area contributed by atoms with E-state index >= 15 is 0 Å². The smallest absolute Gasteiger partial charge is 0.217 e. The molecular weight excluding hydrogens is 228 g/mol. The Labute approximate surface area is 101 Å². The summed E-state index contributed by atoms with van der Waals surface area (Å²) in [6, 6.07) is 0. The maximum Gasteiger partial charge on any atom is 0.217 e. The fourth-order valence-electron chi connectivity index (χ4n) is 0.549. The van der Waals surface area contributed by atoms with Gasteiger partial charge < -0.3 is 22.9 Å². The maximum atomic E-state index is 10.1. The van der Waals surface area contributed by atoms with Gasteiger partial charge in [-0.2, -0.15) is 0 Å². The predicted molar refractivity (Wildman–Crippen MR) is 64.1 cm³/mol. The van der Waals surface area contributed by atoms with Crippen LogP contribution in [-0.2, 0) is 19.2 Å². The molecule has 0 spiro atoms. The molecule has 0 unspecified atom stereocenters. The van der Waals surface area contributed by atoms with E-state index in [1.807, 2.05) is 0 Å². The lowest BCUT2D eigenvalue weighted by atomic mass is 10.2. The molecule has 0 saturated heterocycles. The molecule has 0 aromatic heterocycles. The van der Waals surface area contributed by atoms with Gasteiger partial charge >= 0.3 is 0 Å². The molecule has 0 aromatic rings. The van der Waals surface area contributed by atoms with Gasteiger partial charge in [0.15, 0.2) is 0 Å². The van der Waals surface area contributed by atoms with Gasteiger partial charge in [0.1, 0.15) is 0 Å². The number of nitrogens with two attached hydrogens (primary N) is 4. The Morgan fingerprint density at radius 1 is 0.941 bits per heavy atom. The van der Waals surface area contributed by atoms with Gasteiger partial charge in [-0.3, -0.25) is 19.2 Å². The zero-order valence-electron chi connectivity index (χ0n) is 10.0. The molecule has 0 fully saturated rings. The van der Waals surface area contributed by atoms with Crippen LogP contribution in [0.15, 0.2) is 0 Å². The van der Waals surface area contributed by atoms with Crippen molar-refractivity contribution in [3.63, 3.8) is 0 Å². The lowest BCUT2D eigenvalue weighted by Gasteiger charge is -1.90. The van der Waals surface area contributed by atoms with Crippen LogP contribution in [0.4, 0.5) is 0 Å². The van der Waals surface area contributed by atoms with E-state index in [0.29, 0.717) is 6.42 Å². The van der Waals surface area contributed by atoms with Crippen molar-refractivity contribution < 1.29 is 19.2 Å². The summed E-state index contributed by atoms with van der Waals surface area (Å²) < 4.78 is 0. The molecule has 102 valence electrons. The number of hydrogen-bond donors (Lipinski definition) is 4. The second-order valence-electron chi connectivity index (χ2n) is 2.33. The SMILES string of the molecule is CCCCCC(N)=O.NC=O.NC=O.NC=O. The Morgan fingerprint density at radius 2 is 1.24 bits per heavy atom. The molecule has 0 radical (unpaired) electrons. The topological polar surface area (TPSA) is 172 Å². The predicted octanol–water partition coefficient (Wildman–Crippen LogP) is -1.64. The van der Waals surface area contributed by atoms with E-state index in [2.05, 4.69) is 24.1 Å². The van der Waals surface area contributed by atoms with E-state index in [0.717, 1.165) is 19.3 Å². The van der Waals surface area contributed by atoms with Gasteiger partial charge in [0.25, 0.3) is 0 Å². The van der Waals surface area contributed by atoms with E-state index in [1.54, 1.807) is 0 Å². The van der Waals surface area contributed by atoms with Gasteiger partial charge in [-0.15, -0.1) is 0 Å². The highest BCUT2D eigenvalue weighted by Crippen LogP contribution is 1.96. The van der Waals surface area contributed by atoms with Crippen molar-refractivity contribution in [1.29, 1.82) is 0 Å². The maximum absolute atomic E-state index is 10.1. The highest BCUT2D eigenvalue weighted by Gasteiger charge is 1.90. The van der Waals surface area contributed by atoms with E-state index < -0.39 is 0 Å². The van der Waals surface area contributed by atoms with E-state index in [-0.39, 0.29) is 25.1 Å². The Balaban J connectivity index is -0.0000000784. The number of unbranched alkanes of at least 4 members (excludes halogenated alkanes) is 2. The Hall–Kier alpha value is -2.12. The summed E-state index contributed by atoms with van der Waals surface area (Å²) in [5.41, 5.74) is 17.4. The Morgan fingerprint density at radius 3 is 1.41 bits per heavy atom. The molecule has 0 aliphatic carbocycles. The molecule has 8 heteroatoms. The fourth-order valence-corrected chi connectivity index (χ4v) is 0.549. The Bertz CT molecular complexity index is 162. The average Bonchev–Trinajstić information content (AvgIpc) is 2.21. The monoisotopic (exact) mass is 250 g/mol. The minimum atomic E-state index is -0.182. The zero-order valence-corrected chi connectivity index (χ0v) is 10.0. The second-order valence-corrected chi connectivity index (χ2v) is 2.33. The van der Waals surface area contributed by atoms with Gasteiger partial charge in [-0.1, -0.05) is 19.8 Å². The third-order valence-corrected chi connectivity index (χ3v) is 1.03. The summed E-state index contributed by atoms with van der Waals surface area (Å²) >= 11 is 0. The van der Waals surface area contributed by atoms with Crippen LogP contribution < -0.4 is 22.9 Å². The van der Waals surface area contributed by atoms with Crippen molar-refractivity contribution in [3.8, 4) is 0 Å². The van der Waals surface area contributed by atoms with Crippen LogP contribution in [0.3, 0.4) is 0 Å². The number of amides is 4. The molecule has 0 bridgehead atoms. The standard InChI is InChI=1S/C6H13NO.3CH3NO/c1-2-3-4-5-6(7)8;3*2-1-3/h2-5H2,1H3,(H2,7,8);3*1H,(H2,2,3). The van der Waals surface area contributed by atoms with E-state index in [9.17, 15) is 4.79 Å². The second kappa shape index (κ2) is 37.1. The normalized spacial score (nSPS) is 6.41. The molecule has 0 atom stereocenters. The molecule has 0 rings (SSSR count). The van der Waals surface area contributed by atoms with Crippen LogP contribution in [0.1, 0.15) is 32.6 Å². The first-order valence-electron chi connectivity index (χ1n) is 4.76. The van der Waals surface area contributed by atoms with Gasteiger partial charge in [0.05, 0.1) is 0 Å². The number of rotatable bonds is 4. The summed E-state index contributed by atoms with van der Waals surface area (Å²) in [6.07, 6.45) is 4.51. The number of carbonyl (C=O) groups excluding carboxylic acids is 4. The van der Waals surface area contributed by atoms with Crippen LogP contribution in [0.5, 0.6) is 0 Å². The molecule has 8 N–H and O–H groups in total. The first kappa shape index (κ1) is 24.2. The van der Waals surface area contributed by atoms with Crippen LogP contribution >= 0.6 is 0 Å². The lowest BCUT2D eigenvalue weighted by Crippen LogP contribution is -2.09. The van der Waals surface area contributed by atoms with Crippen LogP contribution in [-0.4, -0.2) is 25.1 Å². The molecule has 0 heterocycles. The van der Waals surface area contributed by atoms with E-state index in [1.165, 1.54) is 0 Å². The van der Waals surface area contributed by atoms with Gasteiger partial charge in [-0.05, 0) is 6.42 Å². The van der Waals surface area contributed by atoms with Gasteiger partial charge in [0, 0.05) is 6.42 Å². The molecular formula is C9H22N4O4. The average molecular weight is 250 g/mol. The molecule has 4 amide bonds. The highest BCUT2D eigenvalue weighted by molar-refractivity contribution is 5.73. The van der Waals surface area contributed by atoms with Gasteiger partial charge in [-0.25, -0.2) is 0 Å². The molecule has 0 aliphatic heterocycles. The van der Waals surface area contributed by atoms with Crippen LogP contribution in [0, 0.1) is 0 Å². The highest BCUT2D eigenvalue weighted by atomic mass is 16.1. The van der Waals surface area contributed by atoms with Crippen LogP contribution in [0.25, 0.3) is 0 Å². The number of carbonyl (C=O) groups is 4. The summed E-state index contributed by atoms with van der Waals surface area (Å²) in [7, 11) is 0. The van der Waals surface area contributed by atoms with Crippen molar-refractivity contribution in [1.82, 2.24) is 0 Å². The quantitative estimate of drug-likeness (QED) is 0.346. The van der Waals surface area contributed by atoms with Crippen molar-refractivity contribution in [2.45, 2.75) is 32.6 Å². The summed E-state index contributed by atoms with van der Waals surface area (Å²) in [6.45, 7) is 2.10. The minimum Gasteiger partial charge on any atom is -0.372 e. The molecule has 0 aromatic carbocycles. The molecule has 0 saturated carbocycles. The zero-order chi connectivity index (χ0) is 14.5. The third kappa shape index (κ3) is 236. The lowest BCUT2D eigenvalue weighted by molar-refractivity contribution is -0.118. The number of primary amides is 4. The van der Waals surface area contributed by atoms with Crippen LogP contribution in [0.2, 0.25) is 0 Å². The van der Waals surface area contributed by atoms with Gasteiger partial charge in [0.2, 0.25) is 25.1 Å². The van der Waals surface area contributed by atoms with Crippen molar-refractivity contribution >= 4 is 25.1 Å². The molecule has 0 aliphatic rings.